The van der Waals surface area contributed by atoms with E-state index in [1.165, 1.54) is 32.1 Å². The lowest BCUT2D eigenvalue weighted by Crippen LogP contribution is -2.43. The Morgan fingerprint density at radius 1 is 1.12 bits per heavy atom. The van der Waals surface area contributed by atoms with Crippen molar-refractivity contribution in [2.75, 3.05) is 19.6 Å². The van der Waals surface area contributed by atoms with E-state index in [0.717, 1.165) is 18.9 Å². The van der Waals surface area contributed by atoms with Crippen LogP contribution in [0.25, 0.3) is 0 Å². The molecule has 16 heavy (non-hydrogen) atoms. The number of carbonyl (C=O) groups is 2. The van der Waals surface area contributed by atoms with Crippen molar-refractivity contribution in [3.05, 3.63) is 0 Å². The molecule has 4 nitrogen and oxygen atoms in total. The highest BCUT2D eigenvalue weighted by Gasteiger charge is 2.24. The van der Waals surface area contributed by atoms with Gasteiger partial charge in [0.2, 0.25) is 0 Å². The highest BCUT2D eigenvalue weighted by molar-refractivity contribution is 5.90. The summed E-state index contributed by atoms with van der Waals surface area (Å²) in [6.45, 7) is 1.39. The summed E-state index contributed by atoms with van der Waals surface area (Å²) in [5.41, 5.74) is 0. The normalized spacial score (nSPS) is 23.8. The summed E-state index contributed by atoms with van der Waals surface area (Å²) < 4.78 is 4.48. The first-order chi connectivity index (χ1) is 7.74. The molecule has 0 N–H and O–H groups in total. The van der Waals surface area contributed by atoms with Gasteiger partial charge in [-0.25, -0.2) is 0 Å². The van der Waals surface area contributed by atoms with Crippen LogP contribution in [0, 0.1) is 5.92 Å². The lowest BCUT2D eigenvalue weighted by molar-refractivity contribution is -0.166. The zero-order valence-corrected chi connectivity index (χ0v) is 9.61. The zero-order chi connectivity index (χ0) is 11.4. The number of hydrogen-bond donors (Lipinski definition) is 0. The first-order valence-corrected chi connectivity index (χ1v) is 6.20. The predicted molar refractivity (Wildman–Crippen MR) is 58.7 cm³/mol. The molecule has 0 unspecified atom stereocenters. The summed E-state index contributed by atoms with van der Waals surface area (Å²) in [5, 5.41) is 0. The molecule has 0 aromatic rings. The van der Waals surface area contributed by atoms with Crippen LogP contribution < -0.4 is 0 Å². The van der Waals surface area contributed by atoms with E-state index in [1.807, 2.05) is 4.90 Å². The van der Waals surface area contributed by atoms with E-state index in [4.69, 9.17) is 0 Å². The molecule has 0 radical (unpaired) electrons. The van der Waals surface area contributed by atoms with Crippen LogP contribution in [-0.4, -0.2) is 36.5 Å². The lowest BCUT2D eigenvalue weighted by atomic mass is 10.0. The molecule has 90 valence electrons. The molecule has 1 saturated carbocycles. The van der Waals surface area contributed by atoms with E-state index in [2.05, 4.69) is 4.74 Å². The van der Waals surface area contributed by atoms with E-state index in [1.54, 1.807) is 0 Å². The van der Waals surface area contributed by atoms with E-state index < -0.39 is 11.9 Å². The van der Waals surface area contributed by atoms with Gasteiger partial charge in [0, 0.05) is 0 Å². The standard InChI is InChI=1S/C12H19NO3/c14-11-8-13(9-12(15)16-11)7-3-6-10-4-1-2-5-10/h10H,1-9H2. The van der Waals surface area contributed by atoms with Crippen LogP contribution in [0.5, 0.6) is 0 Å². The minimum atomic E-state index is -0.405. The second-order valence-corrected chi connectivity index (χ2v) is 4.85. The third-order valence-electron chi connectivity index (χ3n) is 3.49. The summed E-state index contributed by atoms with van der Waals surface area (Å²) in [6, 6.07) is 0. The van der Waals surface area contributed by atoms with Gasteiger partial charge >= 0.3 is 11.9 Å². The maximum Gasteiger partial charge on any atom is 0.327 e. The summed E-state index contributed by atoms with van der Waals surface area (Å²) in [7, 11) is 0. The van der Waals surface area contributed by atoms with Crippen LogP contribution in [-0.2, 0) is 14.3 Å². The van der Waals surface area contributed by atoms with Crippen molar-refractivity contribution < 1.29 is 14.3 Å². The highest BCUT2D eigenvalue weighted by atomic mass is 16.6. The molecule has 4 heteroatoms. The number of carbonyl (C=O) groups excluding carboxylic acids is 2. The van der Waals surface area contributed by atoms with Gasteiger partial charge in [-0.15, -0.1) is 0 Å². The fourth-order valence-corrected chi connectivity index (χ4v) is 2.67. The van der Waals surface area contributed by atoms with Crippen molar-refractivity contribution in [3.8, 4) is 0 Å². The summed E-state index contributed by atoms with van der Waals surface area (Å²) in [6.07, 6.45) is 7.80. The Balaban J connectivity index is 1.65. The van der Waals surface area contributed by atoms with Crippen molar-refractivity contribution in [3.63, 3.8) is 0 Å². The van der Waals surface area contributed by atoms with Crippen LogP contribution >= 0.6 is 0 Å². The number of nitrogens with zero attached hydrogens (tertiary/aromatic N) is 1. The Labute approximate surface area is 95.9 Å². The number of morpholine rings is 1. The second-order valence-electron chi connectivity index (χ2n) is 4.85. The average molecular weight is 225 g/mol. The maximum absolute atomic E-state index is 11.0. The largest absolute Gasteiger partial charge is 0.391 e. The number of rotatable bonds is 4. The van der Waals surface area contributed by atoms with Crippen LogP contribution in [0.3, 0.4) is 0 Å². The first-order valence-electron chi connectivity index (χ1n) is 6.20. The van der Waals surface area contributed by atoms with Crippen molar-refractivity contribution in [2.24, 2.45) is 5.92 Å². The van der Waals surface area contributed by atoms with Gasteiger partial charge in [0.15, 0.2) is 0 Å². The second kappa shape index (κ2) is 5.43. The fraction of sp³-hybridized carbons (Fsp3) is 0.833. The van der Waals surface area contributed by atoms with Gasteiger partial charge < -0.3 is 4.74 Å². The molecule has 2 aliphatic rings. The minimum Gasteiger partial charge on any atom is -0.391 e. The van der Waals surface area contributed by atoms with Gasteiger partial charge in [0.1, 0.15) is 0 Å². The zero-order valence-electron chi connectivity index (χ0n) is 9.61. The number of hydrogen-bond acceptors (Lipinski definition) is 4. The number of cyclic esters (lactones) is 2. The van der Waals surface area contributed by atoms with E-state index in [-0.39, 0.29) is 13.1 Å². The van der Waals surface area contributed by atoms with Gasteiger partial charge in [0.25, 0.3) is 0 Å². The summed E-state index contributed by atoms with van der Waals surface area (Å²) in [4.78, 5) is 23.9. The van der Waals surface area contributed by atoms with Crippen LogP contribution in [0.4, 0.5) is 0 Å². The number of ether oxygens (including phenoxy) is 1. The maximum atomic E-state index is 11.0. The molecule has 0 aromatic heterocycles. The SMILES string of the molecule is O=C1CN(CCCC2CCCC2)CC(=O)O1. The molecular formula is C12H19NO3. The monoisotopic (exact) mass is 225 g/mol. The van der Waals surface area contributed by atoms with Crippen molar-refractivity contribution in [2.45, 2.75) is 38.5 Å². The van der Waals surface area contributed by atoms with Crippen molar-refractivity contribution >= 4 is 11.9 Å². The topological polar surface area (TPSA) is 46.6 Å². The van der Waals surface area contributed by atoms with Gasteiger partial charge in [-0.2, -0.15) is 0 Å². The van der Waals surface area contributed by atoms with Gasteiger partial charge in [-0.3, -0.25) is 14.5 Å². The lowest BCUT2D eigenvalue weighted by Gasteiger charge is -2.24. The number of esters is 2. The molecular weight excluding hydrogens is 206 g/mol. The Hall–Kier alpha value is -0.900. The predicted octanol–water partition coefficient (Wildman–Crippen LogP) is 1.34. The summed E-state index contributed by atoms with van der Waals surface area (Å²) in [5.74, 6) is 0.0710. The Bertz CT molecular complexity index is 255. The quantitative estimate of drug-likeness (QED) is 0.535. The average Bonchev–Trinajstić information content (AvgIpc) is 2.69. The van der Waals surface area contributed by atoms with Gasteiger partial charge in [0.05, 0.1) is 13.1 Å². The van der Waals surface area contributed by atoms with Crippen LogP contribution in [0.2, 0.25) is 0 Å². The Morgan fingerprint density at radius 3 is 2.38 bits per heavy atom. The third-order valence-corrected chi connectivity index (χ3v) is 3.49. The van der Waals surface area contributed by atoms with Gasteiger partial charge in [-0.1, -0.05) is 25.7 Å². The Morgan fingerprint density at radius 2 is 1.75 bits per heavy atom. The molecule has 1 saturated heterocycles. The van der Waals surface area contributed by atoms with E-state index in [9.17, 15) is 9.59 Å². The molecule has 1 aliphatic heterocycles. The molecule has 1 aliphatic carbocycles. The molecule has 0 bridgehead atoms. The molecule has 2 rings (SSSR count). The van der Waals surface area contributed by atoms with Crippen molar-refractivity contribution in [1.29, 1.82) is 0 Å². The summed E-state index contributed by atoms with van der Waals surface area (Å²) >= 11 is 0. The fourth-order valence-electron chi connectivity index (χ4n) is 2.67. The third kappa shape index (κ3) is 3.30. The first kappa shape index (κ1) is 11.6. The van der Waals surface area contributed by atoms with E-state index >= 15 is 0 Å². The highest BCUT2D eigenvalue weighted by Crippen LogP contribution is 2.28. The van der Waals surface area contributed by atoms with Crippen LogP contribution in [0.15, 0.2) is 0 Å². The Kier molecular flexibility index (Phi) is 3.93. The van der Waals surface area contributed by atoms with Gasteiger partial charge in [-0.05, 0) is 25.3 Å². The molecule has 0 aromatic carbocycles. The molecule has 0 amide bonds. The van der Waals surface area contributed by atoms with Crippen molar-refractivity contribution in [1.82, 2.24) is 4.90 Å². The molecule has 1 heterocycles. The molecule has 2 fully saturated rings. The minimum absolute atomic E-state index is 0.274. The smallest absolute Gasteiger partial charge is 0.327 e. The molecule has 0 spiro atoms. The van der Waals surface area contributed by atoms with Crippen LogP contribution in [0.1, 0.15) is 38.5 Å². The van der Waals surface area contributed by atoms with E-state index in [0.29, 0.717) is 0 Å². The molecule has 0 atom stereocenters.